The molecule has 1 aromatic carbocycles. The molecule has 1 atom stereocenters. The summed E-state index contributed by atoms with van der Waals surface area (Å²) in [4.78, 5) is 0. The zero-order chi connectivity index (χ0) is 9.26. The SMILES string of the molecule is OC(c1cccc(F)c1)C1CNC1. The van der Waals surface area contributed by atoms with Crippen molar-refractivity contribution in [2.45, 2.75) is 6.10 Å². The number of rotatable bonds is 2. The first-order chi connectivity index (χ1) is 6.27. The molecule has 13 heavy (non-hydrogen) atoms. The summed E-state index contributed by atoms with van der Waals surface area (Å²) in [5.74, 6) is -0.0503. The molecule has 1 aliphatic rings. The first kappa shape index (κ1) is 8.66. The van der Waals surface area contributed by atoms with Crippen LogP contribution in [0.4, 0.5) is 4.39 Å². The van der Waals surface area contributed by atoms with Crippen molar-refractivity contribution in [1.29, 1.82) is 0 Å². The lowest BCUT2D eigenvalue weighted by atomic mass is 9.91. The van der Waals surface area contributed by atoms with Crippen LogP contribution in [-0.4, -0.2) is 18.2 Å². The molecule has 1 unspecified atom stereocenters. The predicted molar refractivity (Wildman–Crippen MR) is 47.7 cm³/mol. The van der Waals surface area contributed by atoms with Crippen LogP contribution in [0, 0.1) is 11.7 Å². The average Bonchev–Trinajstić information content (AvgIpc) is 2.01. The van der Waals surface area contributed by atoms with Gasteiger partial charge in [0.15, 0.2) is 0 Å². The first-order valence-corrected chi connectivity index (χ1v) is 4.41. The van der Waals surface area contributed by atoms with Crippen LogP contribution in [0.25, 0.3) is 0 Å². The van der Waals surface area contributed by atoms with E-state index in [-0.39, 0.29) is 11.7 Å². The topological polar surface area (TPSA) is 32.3 Å². The predicted octanol–water partition coefficient (Wildman–Crippen LogP) is 1.08. The molecule has 1 fully saturated rings. The van der Waals surface area contributed by atoms with E-state index in [9.17, 15) is 9.50 Å². The highest BCUT2D eigenvalue weighted by Gasteiger charge is 2.26. The third-order valence-corrected chi connectivity index (χ3v) is 2.45. The molecule has 0 saturated carbocycles. The molecule has 1 aliphatic heterocycles. The van der Waals surface area contributed by atoms with Gasteiger partial charge in [-0.2, -0.15) is 0 Å². The van der Waals surface area contributed by atoms with Gasteiger partial charge in [0, 0.05) is 19.0 Å². The van der Waals surface area contributed by atoms with Crippen molar-refractivity contribution in [1.82, 2.24) is 5.32 Å². The van der Waals surface area contributed by atoms with Crippen molar-refractivity contribution >= 4 is 0 Å². The Hall–Kier alpha value is -0.930. The third kappa shape index (κ3) is 1.71. The summed E-state index contributed by atoms with van der Waals surface area (Å²) >= 11 is 0. The summed E-state index contributed by atoms with van der Waals surface area (Å²) < 4.78 is 12.8. The Morgan fingerprint density at radius 1 is 1.46 bits per heavy atom. The summed E-state index contributed by atoms with van der Waals surface area (Å²) in [5.41, 5.74) is 0.673. The van der Waals surface area contributed by atoms with Crippen molar-refractivity contribution in [3.8, 4) is 0 Å². The van der Waals surface area contributed by atoms with Gasteiger partial charge in [-0.1, -0.05) is 12.1 Å². The van der Waals surface area contributed by atoms with Gasteiger partial charge in [-0.15, -0.1) is 0 Å². The van der Waals surface area contributed by atoms with E-state index < -0.39 is 6.10 Å². The Labute approximate surface area is 76.4 Å². The molecular weight excluding hydrogens is 169 g/mol. The van der Waals surface area contributed by atoms with Gasteiger partial charge in [0.2, 0.25) is 0 Å². The molecule has 1 heterocycles. The van der Waals surface area contributed by atoms with Gasteiger partial charge in [0.05, 0.1) is 6.10 Å². The van der Waals surface area contributed by atoms with Gasteiger partial charge >= 0.3 is 0 Å². The maximum Gasteiger partial charge on any atom is 0.123 e. The van der Waals surface area contributed by atoms with Crippen LogP contribution in [-0.2, 0) is 0 Å². The van der Waals surface area contributed by atoms with E-state index in [4.69, 9.17) is 0 Å². The van der Waals surface area contributed by atoms with E-state index in [0.29, 0.717) is 5.56 Å². The van der Waals surface area contributed by atoms with E-state index >= 15 is 0 Å². The van der Waals surface area contributed by atoms with E-state index in [1.807, 2.05) is 0 Å². The molecule has 1 aromatic rings. The highest BCUT2D eigenvalue weighted by molar-refractivity contribution is 5.20. The molecule has 2 rings (SSSR count). The summed E-state index contributed by atoms with van der Waals surface area (Å²) in [6.07, 6.45) is -0.531. The quantitative estimate of drug-likeness (QED) is 0.715. The molecule has 1 saturated heterocycles. The second-order valence-electron chi connectivity index (χ2n) is 3.42. The molecule has 70 valence electrons. The van der Waals surface area contributed by atoms with Crippen LogP contribution in [0.1, 0.15) is 11.7 Å². The Kier molecular flexibility index (Phi) is 2.29. The van der Waals surface area contributed by atoms with Crippen molar-refractivity contribution in [2.24, 2.45) is 5.92 Å². The summed E-state index contributed by atoms with van der Waals surface area (Å²) in [5, 5.41) is 12.8. The van der Waals surface area contributed by atoms with Crippen molar-refractivity contribution in [3.05, 3.63) is 35.6 Å². The summed E-state index contributed by atoms with van der Waals surface area (Å²) in [6.45, 7) is 1.63. The lowest BCUT2D eigenvalue weighted by molar-refractivity contribution is 0.0764. The summed E-state index contributed by atoms with van der Waals surface area (Å²) in [6, 6.07) is 6.16. The third-order valence-electron chi connectivity index (χ3n) is 2.45. The maximum absolute atomic E-state index is 12.8. The van der Waals surface area contributed by atoms with Gasteiger partial charge in [0.1, 0.15) is 5.82 Å². The molecule has 0 amide bonds. The van der Waals surface area contributed by atoms with Crippen molar-refractivity contribution in [2.75, 3.05) is 13.1 Å². The number of benzene rings is 1. The standard InChI is InChI=1S/C10H12FNO/c11-9-3-1-2-7(4-9)10(13)8-5-12-6-8/h1-4,8,10,12-13H,5-6H2. The molecule has 0 aliphatic carbocycles. The minimum absolute atomic E-state index is 0.238. The molecule has 0 radical (unpaired) electrons. The molecular formula is C10H12FNO. The van der Waals surface area contributed by atoms with Crippen LogP contribution in [0.3, 0.4) is 0 Å². The minimum atomic E-state index is -0.531. The van der Waals surface area contributed by atoms with E-state index in [1.165, 1.54) is 12.1 Å². The number of halogens is 1. The second kappa shape index (κ2) is 3.44. The number of aliphatic hydroxyl groups excluding tert-OH is 1. The molecule has 2 nitrogen and oxygen atoms in total. The number of aliphatic hydroxyl groups is 1. The largest absolute Gasteiger partial charge is 0.388 e. The summed E-state index contributed by atoms with van der Waals surface area (Å²) in [7, 11) is 0. The molecule has 0 bridgehead atoms. The second-order valence-corrected chi connectivity index (χ2v) is 3.42. The molecule has 2 N–H and O–H groups in total. The molecule has 3 heteroatoms. The lowest BCUT2D eigenvalue weighted by Crippen LogP contribution is -2.45. The van der Waals surface area contributed by atoms with Crippen LogP contribution in [0.15, 0.2) is 24.3 Å². The number of hydrogen-bond acceptors (Lipinski definition) is 2. The van der Waals surface area contributed by atoms with Crippen molar-refractivity contribution in [3.63, 3.8) is 0 Å². The van der Waals surface area contributed by atoms with Crippen molar-refractivity contribution < 1.29 is 9.50 Å². The van der Waals surface area contributed by atoms with E-state index in [2.05, 4.69) is 5.32 Å². The van der Waals surface area contributed by atoms with Crippen LogP contribution in [0.5, 0.6) is 0 Å². The Bertz CT molecular complexity index is 299. The van der Waals surface area contributed by atoms with E-state index in [0.717, 1.165) is 13.1 Å². The zero-order valence-electron chi connectivity index (χ0n) is 7.20. The van der Waals surface area contributed by atoms with Gasteiger partial charge in [-0.3, -0.25) is 0 Å². The van der Waals surface area contributed by atoms with Crippen LogP contribution in [0.2, 0.25) is 0 Å². The van der Waals surface area contributed by atoms with Crippen LogP contribution >= 0.6 is 0 Å². The van der Waals surface area contributed by atoms with E-state index in [1.54, 1.807) is 12.1 Å². The number of nitrogens with one attached hydrogen (secondary N) is 1. The Morgan fingerprint density at radius 2 is 2.23 bits per heavy atom. The maximum atomic E-state index is 12.8. The average molecular weight is 181 g/mol. The minimum Gasteiger partial charge on any atom is -0.388 e. The first-order valence-electron chi connectivity index (χ1n) is 4.41. The monoisotopic (exact) mass is 181 g/mol. The normalized spacial score (nSPS) is 19.5. The van der Waals surface area contributed by atoms with Gasteiger partial charge in [-0.25, -0.2) is 4.39 Å². The number of hydrogen-bond donors (Lipinski definition) is 2. The molecule has 0 aromatic heterocycles. The fraction of sp³-hybridized carbons (Fsp3) is 0.400. The van der Waals surface area contributed by atoms with Gasteiger partial charge in [0.25, 0.3) is 0 Å². The highest BCUT2D eigenvalue weighted by Crippen LogP contribution is 2.24. The molecule has 0 spiro atoms. The van der Waals surface area contributed by atoms with Gasteiger partial charge < -0.3 is 10.4 Å². The van der Waals surface area contributed by atoms with Gasteiger partial charge in [-0.05, 0) is 17.7 Å². The fourth-order valence-corrected chi connectivity index (χ4v) is 1.50. The zero-order valence-corrected chi connectivity index (χ0v) is 7.20. The fourth-order valence-electron chi connectivity index (χ4n) is 1.50. The van der Waals surface area contributed by atoms with Crippen LogP contribution < -0.4 is 5.32 Å². The Balaban J connectivity index is 2.14. The lowest BCUT2D eigenvalue weighted by Gasteiger charge is -2.31. The Morgan fingerprint density at radius 3 is 2.77 bits per heavy atom. The smallest absolute Gasteiger partial charge is 0.123 e. The highest BCUT2D eigenvalue weighted by atomic mass is 19.1.